The standard InChI is InChI=1S/C17H26N2O4.CH4O/c1-11(2)16(17(20)21-3)14-9-15(18-23-14)22-10-13-7-6-12-5-4-8-19(12)13;1-2/h9,11-13,16H,4-8,10H2,1-3H3;2H,1H3. The highest BCUT2D eigenvalue weighted by Gasteiger charge is 2.37. The number of aliphatic hydroxyl groups is 1. The van der Waals surface area contributed by atoms with Crippen molar-refractivity contribution < 1.29 is 23.9 Å². The first-order valence-corrected chi connectivity index (χ1v) is 8.98. The summed E-state index contributed by atoms with van der Waals surface area (Å²) in [6, 6.07) is 2.95. The number of ether oxygens (including phenoxy) is 2. The van der Waals surface area contributed by atoms with E-state index in [0.717, 1.165) is 13.2 Å². The SMILES string of the molecule is CO.COC(=O)C(c1cc(OCC2CCC3CCCN32)no1)C(C)C. The summed E-state index contributed by atoms with van der Waals surface area (Å²) in [5.74, 6) is 0.283. The topological polar surface area (TPSA) is 85.0 Å². The lowest BCUT2D eigenvalue weighted by Crippen LogP contribution is -2.35. The van der Waals surface area contributed by atoms with Crippen LogP contribution in [0.1, 0.15) is 51.2 Å². The number of hydrogen-bond acceptors (Lipinski definition) is 7. The van der Waals surface area contributed by atoms with Crippen molar-refractivity contribution in [1.29, 1.82) is 0 Å². The van der Waals surface area contributed by atoms with Gasteiger partial charge in [0, 0.05) is 25.3 Å². The number of nitrogens with zero attached hydrogens (tertiary/aromatic N) is 2. The van der Waals surface area contributed by atoms with Crippen LogP contribution in [0.2, 0.25) is 0 Å². The van der Waals surface area contributed by atoms with Crippen molar-refractivity contribution in [3.63, 3.8) is 0 Å². The molecule has 0 radical (unpaired) electrons. The van der Waals surface area contributed by atoms with Crippen molar-refractivity contribution in [2.45, 2.75) is 57.5 Å². The Morgan fingerprint density at radius 3 is 2.84 bits per heavy atom. The molecule has 2 saturated heterocycles. The van der Waals surface area contributed by atoms with Gasteiger partial charge in [-0.3, -0.25) is 9.69 Å². The van der Waals surface area contributed by atoms with Crippen molar-refractivity contribution in [2.75, 3.05) is 27.4 Å². The predicted octanol–water partition coefficient (Wildman–Crippen LogP) is 2.20. The summed E-state index contributed by atoms with van der Waals surface area (Å²) in [6.07, 6.45) is 5.08. The molecular formula is C18H30N2O5. The Balaban J connectivity index is 0.00000109. The lowest BCUT2D eigenvalue weighted by molar-refractivity contribution is -0.144. The fourth-order valence-corrected chi connectivity index (χ4v) is 3.89. The average molecular weight is 354 g/mol. The fourth-order valence-electron chi connectivity index (χ4n) is 3.89. The highest BCUT2D eigenvalue weighted by atomic mass is 16.5. The third kappa shape index (κ3) is 4.52. The molecule has 0 amide bonds. The third-order valence-corrected chi connectivity index (χ3v) is 5.08. The van der Waals surface area contributed by atoms with Crippen molar-refractivity contribution in [3.8, 4) is 5.88 Å². The van der Waals surface area contributed by atoms with E-state index in [1.54, 1.807) is 6.07 Å². The Labute approximate surface area is 149 Å². The van der Waals surface area contributed by atoms with Gasteiger partial charge in [0.25, 0.3) is 5.88 Å². The van der Waals surface area contributed by atoms with E-state index >= 15 is 0 Å². The number of carbonyl (C=O) groups excluding carboxylic acids is 1. The summed E-state index contributed by atoms with van der Waals surface area (Å²) >= 11 is 0. The second kappa shape index (κ2) is 9.20. The zero-order valence-electron chi connectivity index (χ0n) is 15.6. The molecule has 25 heavy (non-hydrogen) atoms. The van der Waals surface area contributed by atoms with E-state index < -0.39 is 5.92 Å². The molecule has 3 heterocycles. The highest BCUT2D eigenvalue weighted by molar-refractivity contribution is 5.77. The van der Waals surface area contributed by atoms with E-state index in [9.17, 15) is 4.79 Å². The molecule has 0 bridgehead atoms. The molecule has 1 N–H and O–H groups in total. The molecule has 0 spiro atoms. The zero-order chi connectivity index (χ0) is 18.4. The molecule has 2 aliphatic rings. The van der Waals surface area contributed by atoms with E-state index in [0.29, 0.717) is 24.3 Å². The van der Waals surface area contributed by atoms with Crippen molar-refractivity contribution >= 4 is 5.97 Å². The van der Waals surface area contributed by atoms with Crippen molar-refractivity contribution in [1.82, 2.24) is 10.1 Å². The molecular weight excluding hydrogens is 324 g/mol. The molecule has 1 aromatic heterocycles. The van der Waals surface area contributed by atoms with Crippen LogP contribution in [0.4, 0.5) is 0 Å². The minimum atomic E-state index is -0.445. The normalized spacial score (nSPS) is 23.8. The van der Waals surface area contributed by atoms with E-state index in [4.69, 9.17) is 19.1 Å². The number of methoxy groups -OCH3 is 1. The van der Waals surface area contributed by atoms with Gasteiger partial charge >= 0.3 is 5.97 Å². The zero-order valence-corrected chi connectivity index (χ0v) is 15.6. The van der Waals surface area contributed by atoms with Gasteiger partial charge < -0.3 is 19.1 Å². The number of rotatable bonds is 6. The highest BCUT2D eigenvalue weighted by Crippen LogP contribution is 2.33. The summed E-state index contributed by atoms with van der Waals surface area (Å²) < 4.78 is 16.0. The predicted molar refractivity (Wildman–Crippen MR) is 92.5 cm³/mol. The largest absolute Gasteiger partial charge is 0.474 e. The van der Waals surface area contributed by atoms with Crippen LogP contribution < -0.4 is 4.74 Å². The summed E-state index contributed by atoms with van der Waals surface area (Å²) in [4.78, 5) is 14.5. The molecule has 2 aliphatic heterocycles. The number of aliphatic hydroxyl groups excluding tert-OH is 1. The molecule has 1 aromatic rings. The van der Waals surface area contributed by atoms with Crippen LogP contribution >= 0.6 is 0 Å². The quantitative estimate of drug-likeness (QED) is 0.784. The van der Waals surface area contributed by atoms with Gasteiger partial charge in [0.2, 0.25) is 0 Å². The summed E-state index contributed by atoms with van der Waals surface area (Å²) in [7, 11) is 2.39. The Bertz CT molecular complexity index is 545. The number of esters is 1. The van der Waals surface area contributed by atoms with Crippen LogP contribution in [0, 0.1) is 5.92 Å². The Morgan fingerprint density at radius 1 is 1.40 bits per heavy atom. The molecule has 0 aromatic carbocycles. The molecule has 7 heteroatoms. The van der Waals surface area contributed by atoms with Crippen LogP contribution in [-0.4, -0.2) is 60.6 Å². The summed E-state index contributed by atoms with van der Waals surface area (Å²) in [5.41, 5.74) is 0. The van der Waals surface area contributed by atoms with E-state index in [-0.39, 0.29) is 11.9 Å². The van der Waals surface area contributed by atoms with Gasteiger partial charge in [-0.05, 0) is 43.3 Å². The van der Waals surface area contributed by atoms with Crippen LogP contribution in [0.3, 0.4) is 0 Å². The maximum atomic E-state index is 11.9. The molecule has 3 rings (SSSR count). The van der Waals surface area contributed by atoms with Crippen molar-refractivity contribution in [2.24, 2.45) is 5.92 Å². The van der Waals surface area contributed by atoms with Crippen LogP contribution in [0.5, 0.6) is 5.88 Å². The third-order valence-electron chi connectivity index (χ3n) is 5.08. The van der Waals surface area contributed by atoms with E-state index in [2.05, 4.69) is 10.1 Å². The molecule has 142 valence electrons. The molecule has 0 aliphatic carbocycles. The fraction of sp³-hybridized carbons (Fsp3) is 0.778. The molecule has 3 atom stereocenters. The van der Waals surface area contributed by atoms with E-state index in [1.165, 1.54) is 39.3 Å². The van der Waals surface area contributed by atoms with Crippen LogP contribution in [0.25, 0.3) is 0 Å². The molecule has 0 saturated carbocycles. The van der Waals surface area contributed by atoms with Crippen molar-refractivity contribution in [3.05, 3.63) is 11.8 Å². The number of carbonyl (C=O) groups is 1. The average Bonchev–Trinajstić information content (AvgIpc) is 3.32. The number of fused-ring (bicyclic) bond motifs is 1. The first-order valence-electron chi connectivity index (χ1n) is 8.98. The van der Waals surface area contributed by atoms with Gasteiger partial charge in [-0.1, -0.05) is 13.8 Å². The molecule has 2 fully saturated rings. The lowest BCUT2D eigenvalue weighted by atomic mass is 9.93. The second-order valence-electron chi connectivity index (χ2n) is 6.89. The second-order valence-corrected chi connectivity index (χ2v) is 6.89. The molecule has 7 nitrogen and oxygen atoms in total. The minimum Gasteiger partial charge on any atom is -0.474 e. The first kappa shape index (κ1) is 19.7. The first-order chi connectivity index (χ1) is 12.1. The van der Waals surface area contributed by atoms with Gasteiger partial charge in [-0.25, -0.2) is 0 Å². The Kier molecular flexibility index (Phi) is 7.25. The summed E-state index contributed by atoms with van der Waals surface area (Å²) in [6.45, 7) is 5.72. The van der Waals surface area contributed by atoms with Gasteiger partial charge in [0.05, 0.1) is 7.11 Å². The lowest BCUT2D eigenvalue weighted by Gasteiger charge is -2.23. The van der Waals surface area contributed by atoms with Gasteiger partial charge in [-0.15, -0.1) is 0 Å². The number of hydrogen-bond donors (Lipinski definition) is 1. The van der Waals surface area contributed by atoms with Gasteiger partial charge in [0.15, 0.2) is 5.76 Å². The van der Waals surface area contributed by atoms with Gasteiger partial charge in [0.1, 0.15) is 12.5 Å². The van der Waals surface area contributed by atoms with Crippen LogP contribution in [0.15, 0.2) is 10.6 Å². The number of aromatic nitrogens is 1. The monoisotopic (exact) mass is 354 g/mol. The maximum absolute atomic E-state index is 11.9. The molecule has 3 unspecified atom stereocenters. The minimum absolute atomic E-state index is 0.0726. The van der Waals surface area contributed by atoms with Gasteiger partial charge in [-0.2, -0.15) is 0 Å². The maximum Gasteiger partial charge on any atom is 0.316 e. The van der Waals surface area contributed by atoms with E-state index in [1.807, 2.05) is 13.8 Å². The van der Waals surface area contributed by atoms with Crippen LogP contribution in [-0.2, 0) is 9.53 Å². The Morgan fingerprint density at radius 2 is 2.16 bits per heavy atom. The summed E-state index contributed by atoms with van der Waals surface area (Å²) in [5, 5.41) is 11.0. The Hall–Kier alpha value is -1.60. The smallest absolute Gasteiger partial charge is 0.316 e.